The normalized spacial score (nSPS) is 10.5. The smallest absolute Gasteiger partial charge is 0.266 e. The second-order valence-electron chi connectivity index (χ2n) is 5.30. The van der Waals surface area contributed by atoms with Gasteiger partial charge in [0, 0.05) is 15.7 Å². The van der Waals surface area contributed by atoms with Crippen LogP contribution in [0.4, 0.5) is 5.69 Å². The number of amides is 1. The van der Waals surface area contributed by atoms with Gasteiger partial charge in [-0.15, -0.1) is 0 Å². The number of hydrogen-bond donors (Lipinski definition) is 1. The molecule has 0 aliphatic carbocycles. The molecule has 0 spiro atoms. The van der Waals surface area contributed by atoms with E-state index >= 15 is 0 Å². The number of anilines is 1. The SMILES string of the molecule is CCc1ccc(NC(=O)/C(C#N)=C/c2cc(Br)ccc2OCC#N)cc1. The van der Waals surface area contributed by atoms with Crippen LogP contribution in [-0.2, 0) is 11.2 Å². The summed E-state index contributed by atoms with van der Waals surface area (Å²) in [6, 6.07) is 16.4. The van der Waals surface area contributed by atoms with Crippen LogP contribution in [-0.4, -0.2) is 12.5 Å². The number of rotatable bonds is 6. The molecule has 0 aromatic heterocycles. The van der Waals surface area contributed by atoms with Gasteiger partial charge >= 0.3 is 0 Å². The molecule has 0 fully saturated rings. The van der Waals surface area contributed by atoms with Gasteiger partial charge in [-0.2, -0.15) is 10.5 Å². The van der Waals surface area contributed by atoms with E-state index in [-0.39, 0.29) is 12.2 Å². The number of carbonyl (C=O) groups is 1. The molecule has 0 aliphatic rings. The minimum absolute atomic E-state index is 0.0653. The Morgan fingerprint density at radius 3 is 2.58 bits per heavy atom. The fourth-order valence-corrected chi connectivity index (χ4v) is 2.58. The van der Waals surface area contributed by atoms with E-state index in [1.54, 1.807) is 30.3 Å². The third kappa shape index (κ3) is 5.20. The first-order valence-corrected chi connectivity index (χ1v) is 8.68. The lowest BCUT2D eigenvalue weighted by Gasteiger charge is -2.08. The van der Waals surface area contributed by atoms with E-state index in [9.17, 15) is 10.1 Å². The first-order valence-electron chi connectivity index (χ1n) is 7.88. The fraction of sp³-hybridized carbons (Fsp3) is 0.150. The number of ether oxygens (including phenoxy) is 1. The second kappa shape index (κ2) is 9.41. The summed E-state index contributed by atoms with van der Waals surface area (Å²) in [7, 11) is 0. The first kappa shape index (κ1) is 19.2. The van der Waals surface area contributed by atoms with E-state index in [1.807, 2.05) is 31.2 Å². The Bertz CT molecular complexity index is 906. The van der Waals surface area contributed by atoms with Gasteiger partial charge in [0.25, 0.3) is 5.91 Å². The Kier molecular flexibility index (Phi) is 6.96. The lowest BCUT2D eigenvalue weighted by atomic mass is 10.1. The molecule has 0 radical (unpaired) electrons. The van der Waals surface area contributed by atoms with Gasteiger partial charge in [-0.1, -0.05) is 35.0 Å². The van der Waals surface area contributed by atoms with E-state index in [4.69, 9.17) is 10.00 Å². The zero-order chi connectivity index (χ0) is 18.9. The summed E-state index contributed by atoms with van der Waals surface area (Å²) in [5.74, 6) is -0.0921. The van der Waals surface area contributed by atoms with Crippen molar-refractivity contribution < 1.29 is 9.53 Å². The van der Waals surface area contributed by atoms with Gasteiger partial charge in [-0.3, -0.25) is 4.79 Å². The summed E-state index contributed by atoms with van der Waals surface area (Å²) in [5, 5.41) is 20.8. The van der Waals surface area contributed by atoms with Crippen molar-refractivity contribution in [3.05, 3.63) is 63.6 Å². The van der Waals surface area contributed by atoms with Gasteiger partial charge in [0.15, 0.2) is 6.61 Å². The van der Waals surface area contributed by atoms with Crippen LogP contribution in [0.1, 0.15) is 18.1 Å². The topological polar surface area (TPSA) is 85.9 Å². The van der Waals surface area contributed by atoms with Crippen molar-refractivity contribution in [3.8, 4) is 17.9 Å². The van der Waals surface area contributed by atoms with E-state index in [2.05, 4.69) is 21.2 Å². The average Bonchev–Trinajstić information content (AvgIpc) is 2.65. The maximum Gasteiger partial charge on any atom is 0.266 e. The molecule has 0 atom stereocenters. The van der Waals surface area contributed by atoms with Crippen molar-refractivity contribution in [2.45, 2.75) is 13.3 Å². The van der Waals surface area contributed by atoms with Gasteiger partial charge in [0.1, 0.15) is 23.5 Å². The highest BCUT2D eigenvalue weighted by atomic mass is 79.9. The largest absolute Gasteiger partial charge is 0.478 e. The summed E-state index contributed by atoms with van der Waals surface area (Å²) in [4.78, 5) is 12.4. The molecule has 2 aromatic rings. The fourth-order valence-electron chi connectivity index (χ4n) is 2.20. The molecule has 26 heavy (non-hydrogen) atoms. The van der Waals surface area contributed by atoms with E-state index in [0.29, 0.717) is 17.0 Å². The Balaban J connectivity index is 2.26. The number of benzene rings is 2. The molecule has 0 aliphatic heterocycles. The monoisotopic (exact) mass is 409 g/mol. The predicted molar refractivity (Wildman–Crippen MR) is 103 cm³/mol. The molecule has 0 saturated heterocycles. The van der Waals surface area contributed by atoms with Crippen molar-refractivity contribution in [1.29, 1.82) is 10.5 Å². The Morgan fingerprint density at radius 2 is 1.96 bits per heavy atom. The summed E-state index contributed by atoms with van der Waals surface area (Å²) >= 11 is 3.35. The second-order valence-corrected chi connectivity index (χ2v) is 6.22. The minimum atomic E-state index is -0.511. The highest BCUT2D eigenvalue weighted by molar-refractivity contribution is 9.10. The number of nitrogens with zero attached hydrogens (tertiary/aromatic N) is 2. The summed E-state index contributed by atoms with van der Waals surface area (Å²) in [5.41, 5.74) is 2.24. The van der Waals surface area contributed by atoms with Crippen LogP contribution >= 0.6 is 15.9 Å². The third-order valence-corrected chi connectivity index (χ3v) is 4.04. The maximum atomic E-state index is 12.4. The molecule has 0 heterocycles. The van der Waals surface area contributed by atoms with E-state index in [0.717, 1.165) is 16.5 Å². The van der Waals surface area contributed by atoms with Gasteiger partial charge < -0.3 is 10.1 Å². The van der Waals surface area contributed by atoms with E-state index in [1.165, 1.54) is 6.08 Å². The number of hydrogen-bond acceptors (Lipinski definition) is 4. The highest BCUT2D eigenvalue weighted by Gasteiger charge is 2.12. The van der Waals surface area contributed by atoms with Gasteiger partial charge in [0.05, 0.1) is 0 Å². The Hall–Kier alpha value is -3.09. The lowest BCUT2D eigenvalue weighted by Crippen LogP contribution is -2.13. The van der Waals surface area contributed by atoms with Gasteiger partial charge in [-0.25, -0.2) is 0 Å². The highest BCUT2D eigenvalue weighted by Crippen LogP contribution is 2.26. The molecule has 0 unspecified atom stereocenters. The van der Waals surface area contributed by atoms with Crippen LogP contribution in [0.25, 0.3) is 6.08 Å². The number of carbonyl (C=O) groups excluding carboxylic acids is 1. The number of halogens is 1. The van der Waals surface area contributed by atoms with Crippen molar-refractivity contribution >= 4 is 33.6 Å². The summed E-state index contributed by atoms with van der Waals surface area (Å²) in [6.45, 7) is 1.93. The minimum Gasteiger partial charge on any atom is -0.478 e. The lowest BCUT2D eigenvalue weighted by molar-refractivity contribution is -0.112. The molecular formula is C20H16BrN3O2. The van der Waals surface area contributed by atoms with Crippen molar-refractivity contribution in [2.75, 3.05) is 11.9 Å². The Morgan fingerprint density at radius 1 is 1.23 bits per heavy atom. The summed E-state index contributed by atoms with van der Waals surface area (Å²) in [6.07, 6.45) is 2.35. The maximum absolute atomic E-state index is 12.4. The number of nitriles is 2. The third-order valence-electron chi connectivity index (χ3n) is 3.55. The standard InChI is InChI=1S/C20H16BrN3O2/c1-2-14-3-6-18(7-4-14)24-20(25)16(13-23)11-15-12-17(21)5-8-19(15)26-10-9-22/h3-8,11-12H,2,10H2,1H3,(H,24,25)/b16-11+. The van der Waals surface area contributed by atoms with Crippen LogP contribution in [0, 0.1) is 22.7 Å². The van der Waals surface area contributed by atoms with Crippen molar-refractivity contribution in [1.82, 2.24) is 0 Å². The molecule has 0 bridgehead atoms. The molecule has 5 nitrogen and oxygen atoms in total. The number of aryl methyl sites for hydroxylation is 1. The molecule has 1 N–H and O–H groups in total. The van der Waals surface area contributed by atoms with Gasteiger partial charge in [0.2, 0.25) is 0 Å². The Labute approximate surface area is 160 Å². The molecule has 1 amide bonds. The zero-order valence-corrected chi connectivity index (χ0v) is 15.7. The molecule has 130 valence electrons. The molecular weight excluding hydrogens is 394 g/mol. The van der Waals surface area contributed by atoms with Crippen LogP contribution in [0.15, 0.2) is 52.5 Å². The van der Waals surface area contributed by atoms with Crippen LogP contribution in [0.2, 0.25) is 0 Å². The summed E-state index contributed by atoms with van der Waals surface area (Å²) < 4.78 is 6.11. The molecule has 6 heteroatoms. The van der Waals surface area contributed by atoms with Crippen LogP contribution in [0.3, 0.4) is 0 Å². The molecule has 2 rings (SSSR count). The van der Waals surface area contributed by atoms with Gasteiger partial charge in [-0.05, 0) is 48.4 Å². The molecule has 0 saturated carbocycles. The molecule has 2 aromatic carbocycles. The predicted octanol–water partition coefficient (Wildman–Crippen LogP) is 4.46. The first-order chi connectivity index (χ1) is 12.6. The van der Waals surface area contributed by atoms with Crippen molar-refractivity contribution in [2.24, 2.45) is 0 Å². The zero-order valence-electron chi connectivity index (χ0n) is 14.1. The van der Waals surface area contributed by atoms with Crippen LogP contribution < -0.4 is 10.1 Å². The van der Waals surface area contributed by atoms with Crippen molar-refractivity contribution in [3.63, 3.8) is 0 Å². The number of nitrogens with one attached hydrogen (secondary N) is 1. The quantitative estimate of drug-likeness (QED) is 0.563. The van der Waals surface area contributed by atoms with Crippen LogP contribution in [0.5, 0.6) is 5.75 Å². The van der Waals surface area contributed by atoms with E-state index < -0.39 is 5.91 Å². The average molecular weight is 410 g/mol.